The molecule has 3 rings (SSSR count). The molecule has 1 heterocycles. The molecule has 0 unspecified atom stereocenters. The number of nitrogens with one attached hydrogen (secondary N) is 2. The average molecular weight is 326 g/mol. The monoisotopic (exact) mass is 325 g/mol. The van der Waals surface area contributed by atoms with E-state index < -0.39 is 0 Å². The first-order valence-electron chi connectivity index (χ1n) is 7.17. The molecule has 0 amide bonds. The molecule has 6 heteroatoms. The summed E-state index contributed by atoms with van der Waals surface area (Å²) in [7, 11) is 0. The topological polar surface area (TPSA) is 62.7 Å². The van der Waals surface area contributed by atoms with Crippen molar-refractivity contribution < 1.29 is 0 Å². The maximum absolute atomic E-state index is 5.89. The normalized spacial score (nSPS) is 10.4. The lowest BCUT2D eigenvalue weighted by atomic mass is 10.2. The van der Waals surface area contributed by atoms with E-state index in [4.69, 9.17) is 11.6 Å². The Morgan fingerprint density at radius 2 is 1.43 bits per heavy atom. The minimum absolute atomic E-state index is 0.481. The zero-order valence-corrected chi connectivity index (χ0v) is 13.6. The minimum Gasteiger partial charge on any atom is -0.324 e. The third-order valence-electron chi connectivity index (χ3n) is 3.12. The SMILES string of the molecule is Cc1cccc(Nc2nc(C)nc(Nc3ccc(Cl)cc3)n2)c1. The van der Waals surface area contributed by atoms with Crippen LogP contribution in [-0.4, -0.2) is 15.0 Å². The van der Waals surface area contributed by atoms with Crippen molar-refractivity contribution in [2.75, 3.05) is 10.6 Å². The van der Waals surface area contributed by atoms with E-state index in [2.05, 4.69) is 25.6 Å². The summed E-state index contributed by atoms with van der Waals surface area (Å²) in [6.45, 7) is 3.87. The van der Waals surface area contributed by atoms with Crippen molar-refractivity contribution in [3.8, 4) is 0 Å². The van der Waals surface area contributed by atoms with E-state index in [1.165, 1.54) is 5.56 Å². The second-order valence-electron chi connectivity index (χ2n) is 5.16. The third kappa shape index (κ3) is 4.17. The number of anilines is 4. The number of hydrogen-bond acceptors (Lipinski definition) is 5. The molecule has 23 heavy (non-hydrogen) atoms. The Labute approximate surface area is 139 Å². The summed E-state index contributed by atoms with van der Waals surface area (Å²) >= 11 is 5.89. The largest absolute Gasteiger partial charge is 0.324 e. The van der Waals surface area contributed by atoms with E-state index in [1.54, 1.807) is 0 Å². The third-order valence-corrected chi connectivity index (χ3v) is 3.37. The molecule has 0 saturated heterocycles. The summed E-state index contributed by atoms with van der Waals surface area (Å²) in [5.41, 5.74) is 2.97. The first kappa shape index (κ1) is 15.2. The molecule has 2 aromatic carbocycles. The number of aryl methyl sites for hydroxylation is 2. The molecule has 3 aromatic rings. The summed E-state index contributed by atoms with van der Waals surface area (Å²) in [5.74, 6) is 1.61. The van der Waals surface area contributed by atoms with Gasteiger partial charge in [0.1, 0.15) is 5.82 Å². The van der Waals surface area contributed by atoms with Crippen molar-refractivity contribution in [3.63, 3.8) is 0 Å². The highest BCUT2D eigenvalue weighted by atomic mass is 35.5. The van der Waals surface area contributed by atoms with E-state index in [9.17, 15) is 0 Å². The summed E-state index contributed by atoms with van der Waals surface area (Å²) in [6, 6.07) is 15.4. The molecule has 0 aliphatic rings. The number of aromatic nitrogens is 3. The second kappa shape index (κ2) is 6.62. The fourth-order valence-electron chi connectivity index (χ4n) is 2.11. The summed E-state index contributed by atoms with van der Waals surface area (Å²) < 4.78 is 0. The van der Waals surface area contributed by atoms with Crippen molar-refractivity contribution >= 4 is 34.9 Å². The second-order valence-corrected chi connectivity index (χ2v) is 5.59. The smallest absolute Gasteiger partial charge is 0.232 e. The van der Waals surface area contributed by atoms with Gasteiger partial charge in [-0.05, 0) is 55.8 Å². The van der Waals surface area contributed by atoms with Crippen LogP contribution in [-0.2, 0) is 0 Å². The molecule has 0 spiro atoms. The van der Waals surface area contributed by atoms with Gasteiger partial charge in [-0.15, -0.1) is 0 Å². The summed E-state index contributed by atoms with van der Waals surface area (Å²) in [6.07, 6.45) is 0. The van der Waals surface area contributed by atoms with Crippen LogP contribution in [0.1, 0.15) is 11.4 Å². The zero-order chi connectivity index (χ0) is 16.2. The fraction of sp³-hybridized carbons (Fsp3) is 0.118. The molecule has 0 fully saturated rings. The van der Waals surface area contributed by atoms with Gasteiger partial charge in [-0.3, -0.25) is 0 Å². The number of halogens is 1. The number of hydrogen-bond donors (Lipinski definition) is 2. The molecular weight excluding hydrogens is 310 g/mol. The molecule has 0 atom stereocenters. The van der Waals surface area contributed by atoms with E-state index in [0.29, 0.717) is 22.7 Å². The Hall–Kier alpha value is -2.66. The van der Waals surface area contributed by atoms with Gasteiger partial charge < -0.3 is 10.6 Å². The quantitative estimate of drug-likeness (QED) is 0.732. The highest BCUT2D eigenvalue weighted by molar-refractivity contribution is 6.30. The van der Waals surface area contributed by atoms with Gasteiger partial charge in [0.2, 0.25) is 11.9 Å². The van der Waals surface area contributed by atoms with Crippen LogP contribution in [0.4, 0.5) is 23.3 Å². The molecule has 5 nitrogen and oxygen atoms in total. The Bertz CT molecular complexity index is 817. The fourth-order valence-corrected chi connectivity index (χ4v) is 2.23. The maximum Gasteiger partial charge on any atom is 0.232 e. The minimum atomic E-state index is 0.481. The van der Waals surface area contributed by atoms with Gasteiger partial charge >= 0.3 is 0 Å². The van der Waals surface area contributed by atoms with E-state index in [-0.39, 0.29) is 0 Å². The molecule has 0 radical (unpaired) electrons. The highest BCUT2D eigenvalue weighted by Gasteiger charge is 2.05. The van der Waals surface area contributed by atoms with Crippen LogP contribution in [0.15, 0.2) is 48.5 Å². The van der Waals surface area contributed by atoms with Crippen LogP contribution < -0.4 is 10.6 Å². The van der Waals surface area contributed by atoms with Crippen molar-refractivity contribution in [3.05, 3.63) is 64.9 Å². The summed E-state index contributed by atoms with van der Waals surface area (Å²) in [4.78, 5) is 13.0. The molecule has 116 valence electrons. The number of benzene rings is 2. The molecule has 1 aromatic heterocycles. The van der Waals surface area contributed by atoms with E-state index >= 15 is 0 Å². The van der Waals surface area contributed by atoms with Crippen molar-refractivity contribution in [2.45, 2.75) is 13.8 Å². The van der Waals surface area contributed by atoms with Crippen molar-refractivity contribution in [1.29, 1.82) is 0 Å². The Balaban J connectivity index is 1.82. The van der Waals surface area contributed by atoms with Crippen LogP contribution in [0.3, 0.4) is 0 Å². The van der Waals surface area contributed by atoms with Crippen LogP contribution in [0.2, 0.25) is 5.02 Å². The van der Waals surface area contributed by atoms with Gasteiger partial charge in [0.25, 0.3) is 0 Å². The maximum atomic E-state index is 5.89. The van der Waals surface area contributed by atoms with Gasteiger partial charge in [0.05, 0.1) is 0 Å². The lowest BCUT2D eigenvalue weighted by Gasteiger charge is -2.09. The molecule has 0 aliphatic carbocycles. The van der Waals surface area contributed by atoms with Crippen molar-refractivity contribution in [2.24, 2.45) is 0 Å². The molecule has 2 N–H and O–H groups in total. The first-order chi connectivity index (χ1) is 11.1. The predicted octanol–water partition coefficient (Wildman–Crippen LogP) is 4.63. The predicted molar refractivity (Wildman–Crippen MR) is 93.8 cm³/mol. The van der Waals surface area contributed by atoms with Crippen LogP contribution >= 0.6 is 11.6 Å². The van der Waals surface area contributed by atoms with Gasteiger partial charge in [-0.1, -0.05) is 23.7 Å². The molecule has 0 bridgehead atoms. The van der Waals surface area contributed by atoms with Gasteiger partial charge in [-0.25, -0.2) is 0 Å². The van der Waals surface area contributed by atoms with Gasteiger partial charge in [0, 0.05) is 16.4 Å². The molecular formula is C17H16ClN5. The van der Waals surface area contributed by atoms with Crippen LogP contribution in [0, 0.1) is 13.8 Å². The first-order valence-corrected chi connectivity index (χ1v) is 7.55. The highest BCUT2D eigenvalue weighted by Crippen LogP contribution is 2.19. The zero-order valence-electron chi connectivity index (χ0n) is 12.8. The van der Waals surface area contributed by atoms with Crippen molar-refractivity contribution in [1.82, 2.24) is 15.0 Å². The Morgan fingerprint density at radius 3 is 2.09 bits per heavy atom. The van der Waals surface area contributed by atoms with E-state index in [0.717, 1.165) is 11.4 Å². The lowest BCUT2D eigenvalue weighted by molar-refractivity contribution is 0.989. The molecule has 0 aliphatic heterocycles. The lowest BCUT2D eigenvalue weighted by Crippen LogP contribution is -2.05. The van der Waals surface area contributed by atoms with Gasteiger partial charge in [-0.2, -0.15) is 15.0 Å². The standard InChI is InChI=1S/C17H16ClN5/c1-11-4-3-5-15(10-11)22-17-20-12(2)19-16(23-17)21-14-8-6-13(18)7-9-14/h3-10H,1-2H3,(H2,19,20,21,22,23). The Morgan fingerprint density at radius 1 is 0.783 bits per heavy atom. The number of nitrogens with zero attached hydrogens (tertiary/aromatic N) is 3. The average Bonchev–Trinajstić information content (AvgIpc) is 2.49. The summed E-state index contributed by atoms with van der Waals surface area (Å²) in [5, 5.41) is 7.03. The Kier molecular flexibility index (Phi) is 4.39. The van der Waals surface area contributed by atoms with Gasteiger partial charge in [0.15, 0.2) is 0 Å². The van der Waals surface area contributed by atoms with E-state index in [1.807, 2.05) is 62.4 Å². The van der Waals surface area contributed by atoms with Crippen LogP contribution in [0.25, 0.3) is 0 Å². The number of rotatable bonds is 4. The van der Waals surface area contributed by atoms with Crippen LogP contribution in [0.5, 0.6) is 0 Å². The molecule has 0 saturated carbocycles.